The molecule has 0 aliphatic carbocycles. The molecule has 1 fully saturated rings. The van der Waals surface area contributed by atoms with Crippen molar-refractivity contribution in [1.29, 1.82) is 0 Å². The van der Waals surface area contributed by atoms with E-state index in [-0.39, 0.29) is 10.9 Å². The molecule has 122 valence electrons. The Bertz CT molecular complexity index is 780. The van der Waals surface area contributed by atoms with Crippen LogP contribution in [0.4, 0.5) is 4.39 Å². The minimum Gasteiger partial charge on any atom is -0.303 e. The zero-order valence-corrected chi connectivity index (χ0v) is 13.7. The molecule has 23 heavy (non-hydrogen) atoms. The summed E-state index contributed by atoms with van der Waals surface area (Å²) in [7, 11) is -1.76. The van der Waals surface area contributed by atoms with E-state index in [0.717, 1.165) is 11.6 Å². The molecule has 0 N–H and O–H groups in total. The minimum atomic E-state index is -3.74. The number of hydrogen-bond acceptors (Lipinski definition) is 3. The van der Waals surface area contributed by atoms with E-state index in [0.29, 0.717) is 19.6 Å². The first-order valence-electron chi connectivity index (χ1n) is 7.49. The largest absolute Gasteiger partial charge is 0.303 e. The highest BCUT2D eigenvalue weighted by Crippen LogP contribution is 2.30. The Morgan fingerprint density at radius 2 is 1.78 bits per heavy atom. The van der Waals surface area contributed by atoms with Gasteiger partial charge in [0.1, 0.15) is 5.82 Å². The lowest BCUT2D eigenvalue weighted by molar-refractivity contribution is 0.160. The van der Waals surface area contributed by atoms with Crippen molar-refractivity contribution in [3.63, 3.8) is 0 Å². The summed E-state index contributed by atoms with van der Waals surface area (Å²) in [5.41, 5.74) is 0.944. The summed E-state index contributed by atoms with van der Waals surface area (Å²) >= 11 is 0. The van der Waals surface area contributed by atoms with Gasteiger partial charge in [0.2, 0.25) is 10.0 Å². The molecule has 0 spiro atoms. The van der Waals surface area contributed by atoms with E-state index < -0.39 is 15.8 Å². The summed E-state index contributed by atoms with van der Waals surface area (Å²) in [6.45, 7) is 1.64. The minimum absolute atomic E-state index is 0.00276. The number of piperazine rings is 1. The average Bonchev–Trinajstić information content (AvgIpc) is 2.55. The third-order valence-corrected chi connectivity index (χ3v) is 6.03. The normalized spacial score (nSPS) is 20.5. The summed E-state index contributed by atoms with van der Waals surface area (Å²) < 4.78 is 40.9. The molecule has 0 aromatic heterocycles. The molecule has 0 bridgehead atoms. The maximum atomic E-state index is 13.5. The van der Waals surface area contributed by atoms with Crippen LogP contribution >= 0.6 is 0 Å². The number of sulfonamides is 1. The fourth-order valence-corrected chi connectivity index (χ4v) is 4.53. The van der Waals surface area contributed by atoms with Crippen molar-refractivity contribution in [2.75, 3.05) is 26.7 Å². The van der Waals surface area contributed by atoms with Crippen molar-refractivity contribution in [1.82, 2.24) is 9.21 Å². The van der Waals surface area contributed by atoms with Crippen LogP contribution in [0.1, 0.15) is 11.6 Å². The highest BCUT2D eigenvalue weighted by Gasteiger charge is 2.36. The highest BCUT2D eigenvalue weighted by atomic mass is 32.2. The molecule has 1 aliphatic heterocycles. The molecule has 1 atom stereocenters. The molecular formula is C17H19FN2O2S. The summed E-state index contributed by atoms with van der Waals surface area (Å²) in [6.07, 6.45) is 0. The molecule has 2 aromatic rings. The number of likely N-dealkylation sites (N-methyl/N-ethyl adjacent to an activating group) is 1. The zero-order chi connectivity index (χ0) is 16.4. The number of benzene rings is 2. The number of halogens is 1. The van der Waals surface area contributed by atoms with E-state index in [4.69, 9.17) is 0 Å². The first kappa shape index (κ1) is 16.1. The highest BCUT2D eigenvalue weighted by molar-refractivity contribution is 7.89. The third kappa shape index (κ3) is 3.29. The van der Waals surface area contributed by atoms with Crippen LogP contribution in [-0.2, 0) is 10.0 Å². The van der Waals surface area contributed by atoms with Crippen molar-refractivity contribution in [3.8, 4) is 0 Å². The second-order valence-electron chi connectivity index (χ2n) is 5.76. The zero-order valence-electron chi connectivity index (χ0n) is 12.9. The van der Waals surface area contributed by atoms with Gasteiger partial charge in [-0.1, -0.05) is 36.4 Å². The maximum Gasteiger partial charge on any atom is 0.243 e. The van der Waals surface area contributed by atoms with Crippen LogP contribution in [0.25, 0.3) is 0 Å². The molecule has 1 heterocycles. The molecule has 6 heteroatoms. The molecule has 3 rings (SSSR count). The molecule has 1 unspecified atom stereocenters. The first-order valence-corrected chi connectivity index (χ1v) is 8.93. The predicted octanol–water partition coefficient (Wildman–Crippen LogP) is 2.50. The molecule has 0 saturated carbocycles. The molecule has 0 radical (unpaired) electrons. The van der Waals surface area contributed by atoms with Gasteiger partial charge in [-0.05, 0) is 30.8 Å². The van der Waals surface area contributed by atoms with E-state index in [1.54, 1.807) is 0 Å². The second-order valence-corrected chi connectivity index (χ2v) is 7.65. The topological polar surface area (TPSA) is 40.6 Å². The van der Waals surface area contributed by atoms with Gasteiger partial charge in [0.15, 0.2) is 0 Å². The van der Waals surface area contributed by atoms with Crippen molar-refractivity contribution in [2.24, 2.45) is 0 Å². The van der Waals surface area contributed by atoms with Gasteiger partial charge in [-0.15, -0.1) is 0 Å². The quantitative estimate of drug-likeness (QED) is 0.866. The molecule has 1 aliphatic rings. The number of rotatable bonds is 3. The fraction of sp³-hybridized carbons (Fsp3) is 0.294. The van der Waals surface area contributed by atoms with Crippen LogP contribution in [0.2, 0.25) is 0 Å². The Hall–Kier alpha value is -1.76. The maximum absolute atomic E-state index is 13.5. The van der Waals surface area contributed by atoms with Gasteiger partial charge < -0.3 is 4.90 Å². The van der Waals surface area contributed by atoms with Gasteiger partial charge in [0.05, 0.1) is 10.9 Å². The SMILES string of the molecule is CN1CCN(S(=O)(=O)c2cccc(F)c2)C(c2ccccc2)C1. The lowest BCUT2D eigenvalue weighted by atomic mass is 10.1. The first-order chi connectivity index (χ1) is 11.0. The van der Waals surface area contributed by atoms with E-state index in [2.05, 4.69) is 4.90 Å². The molecule has 2 aromatic carbocycles. The van der Waals surface area contributed by atoms with Gasteiger partial charge >= 0.3 is 0 Å². The van der Waals surface area contributed by atoms with Gasteiger partial charge in [-0.25, -0.2) is 12.8 Å². The lowest BCUT2D eigenvalue weighted by Crippen LogP contribution is -2.49. The standard InChI is InChI=1S/C17H19FN2O2S/c1-19-10-11-20(17(13-19)14-6-3-2-4-7-14)23(21,22)16-9-5-8-15(18)12-16/h2-9,12,17H,10-11,13H2,1H3. The second kappa shape index (κ2) is 6.39. The van der Waals surface area contributed by atoms with Gasteiger partial charge in [-0.2, -0.15) is 4.31 Å². The molecule has 4 nitrogen and oxygen atoms in total. The average molecular weight is 334 g/mol. The Morgan fingerprint density at radius 3 is 2.48 bits per heavy atom. The Labute approximate surface area is 136 Å². The monoisotopic (exact) mass is 334 g/mol. The smallest absolute Gasteiger partial charge is 0.243 e. The third-order valence-electron chi connectivity index (χ3n) is 4.12. The van der Waals surface area contributed by atoms with E-state index in [1.165, 1.54) is 22.5 Å². The molecule has 0 amide bonds. The number of hydrogen-bond donors (Lipinski definition) is 0. The molecule has 1 saturated heterocycles. The van der Waals surface area contributed by atoms with Crippen LogP contribution in [-0.4, -0.2) is 44.3 Å². The van der Waals surface area contributed by atoms with E-state index >= 15 is 0 Å². The van der Waals surface area contributed by atoms with Crippen molar-refractivity contribution in [3.05, 3.63) is 66.0 Å². The molecular weight excluding hydrogens is 315 g/mol. The Kier molecular flexibility index (Phi) is 4.48. The fourth-order valence-electron chi connectivity index (χ4n) is 2.90. The van der Waals surface area contributed by atoms with Crippen LogP contribution < -0.4 is 0 Å². The Balaban J connectivity index is 2.01. The van der Waals surface area contributed by atoms with Gasteiger partial charge in [0.25, 0.3) is 0 Å². The predicted molar refractivity (Wildman–Crippen MR) is 87.0 cm³/mol. The van der Waals surface area contributed by atoms with Gasteiger partial charge in [0, 0.05) is 19.6 Å². The van der Waals surface area contributed by atoms with E-state index in [1.807, 2.05) is 37.4 Å². The van der Waals surface area contributed by atoms with Crippen molar-refractivity contribution in [2.45, 2.75) is 10.9 Å². The lowest BCUT2D eigenvalue weighted by Gasteiger charge is -2.39. The summed E-state index contributed by atoms with van der Waals surface area (Å²) in [5.74, 6) is -0.545. The summed E-state index contributed by atoms with van der Waals surface area (Å²) in [4.78, 5) is 2.11. The summed E-state index contributed by atoms with van der Waals surface area (Å²) in [5, 5.41) is 0. The van der Waals surface area contributed by atoms with E-state index in [9.17, 15) is 12.8 Å². The van der Waals surface area contributed by atoms with Crippen molar-refractivity contribution >= 4 is 10.0 Å². The van der Waals surface area contributed by atoms with Crippen LogP contribution in [0.15, 0.2) is 59.5 Å². The number of nitrogens with zero attached hydrogens (tertiary/aromatic N) is 2. The van der Waals surface area contributed by atoms with Crippen LogP contribution in [0, 0.1) is 5.82 Å². The van der Waals surface area contributed by atoms with Crippen LogP contribution in [0.3, 0.4) is 0 Å². The van der Waals surface area contributed by atoms with Gasteiger partial charge in [-0.3, -0.25) is 0 Å². The Morgan fingerprint density at radius 1 is 1.04 bits per heavy atom. The summed E-state index contributed by atoms with van der Waals surface area (Å²) in [6, 6.07) is 14.5. The van der Waals surface area contributed by atoms with Crippen molar-refractivity contribution < 1.29 is 12.8 Å². The van der Waals surface area contributed by atoms with Crippen LogP contribution in [0.5, 0.6) is 0 Å².